The van der Waals surface area contributed by atoms with Crippen molar-refractivity contribution in [2.45, 2.75) is 51.3 Å². The van der Waals surface area contributed by atoms with Gasteiger partial charge in [0.1, 0.15) is 0 Å². The van der Waals surface area contributed by atoms with Gasteiger partial charge in [-0.15, -0.1) is 0 Å². The van der Waals surface area contributed by atoms with Crippen LogP contribution in [0.5, 0.6) is 0 Å². The third-order valence-electron chi connectivity index (χ3n) is 3.90. The maximum atomic E-state index is 5.54. The van der Waals surface area contributed by atoms with Gasteiger partial charge in [-0.3, -0.25) is 4.68 Å². The molecule has 2 atom stereocenters. The van der Waals surface area contributed by atoms with Crippen molar-refractivity contribution in [1.29, 1.82) is 0 Å². The van der Waals surface area contributed by atoms with Gasteiger partial charge in [-0.05, 0) is 19.8 Å². The van der Waals surface area contributed by atoms with Crippen molar-refractivity contribution in [3.8, 4) is 0 Å². The highest BCUT2D eigenvalue weighted by Gasteiger charge is 2.24. The molecule has 1 aliphatic carbocycles. The van der Waals surface area contributed by atoms with E-state index in [-0.39, 0.29) is 0 Å². The van der Waals surface area contributed by atoms with Crippen molar-refractivity contribution in [3.05, 3.63) is 17.5 Å². The maximum Gasteiger partial charge on any atom is 0.0724 e. The zero-order valence-electron chi connectivity index (χ0n) is 11.1. The van der Waals surface area contributed by atoms with Gasteiger partial charge in [0.25, 0.3) is 0 Å². The Morgan fingerprint density at radius 3 is 2.88 bits per heavy atom. The Morgan fingerprint density at radius 2 is 2.24 bits per heavy atom. The zero-order chi connectivity index (χ0) is 12.3. The van der Waals surface area contributed by atoms with E-state index in [1.54, 1.807) is 0 Å². The Kier molecular flexibility index (Phi) is 4.18. The Balaban J connectivity index is 1.90. The van der Waals surface area contributed by atoms with Crippen LogP contribution in [-0.4, -0.2) is 29.0 Å². The van der Waals surface area contributed by atoms with E-state index in [4.69, 9.17) is 4.74 Å². The van der Waals surface area contributed by atoms with E-state index in [0.29, 0.717) is 12.1 Å². The van der Waals surface area contributed by atoms with Crippen molar-refractivity contribution >= 4 is 0 Å². The van der Waals surface area contributed by atoms with Crippen LogP contribution in [0.2, 0.25) is 0 Å². The molecule has 1 aliphatic rings. The Morgan fingerprint density at radius 1 is 1.47 bits per heavy atom. The summed E-state index contributed by atoms with van der Waals surface area (Å²) in [5.74, 6) is 0. The van der Waals surface area contributed by atoms with Crippen molar-refractivity contribution in [2.24, 2.45) is 7.05 Å². The minimum atomic E-state index is 0.376. The molecule has 1 aromatic heterocycles. The second-order valence-electron chi connectivity index (χ2n) is 4.92. The summed E-state index contributed by atoms with van der Waals surface area (Å²) in [7, 11) is 3.80. The summed E-state index contributed by atoms with van der Waals surface area (Å²) >= 11 is 0. The molecule has 0 aromatic carbocycles. The molecule has 0 saturated heterocycles. The summed E-state index contributed by atoms with van der Waals surface area (Å²) in [6.07, 6.45) is 7.33. The molecular weight excluding hydrogens is 214 g/mol. The van der Waals surface area contributed by atoms with E-state index in [1.807, 2.05) is 25.0 Å². The van der Waals surface area contributed by atoms with Crippen LogP contribution in [-0.2, 0) is 18.3 Å². The van der Waals surface area contributed by atoms with Crippen molar-refractivity contribution in [1.82, 2.24) is 15.1 Å². The van der Waals surface area contributed by atoms with E-state index in [1.165, 1.54) is 36.9 Å². The van der Waals surface area contributed by atoms with Gasteiger partial charge < -0.3 is 10.1 Å². The lowest BCUT2D eigenvalue weighted by Gasteiger charge is -2.31. The third kappa shape index (κ3) is 2.87. The predicted molar refractivity (Wildman–Crippen MR) is 67.8 cm³/mol. The normalized spacial score (nSPS) is 25.1. The SMILES string of the molecule is COC1CCCCC1NCc1cnn(C)c1C. The van der Waals surface area contributed by atoms with Crippen LogP contribution in [0.4, 0.5) is 0 Å². The van der Waals surface area contributed by atoms with E-state index >= 15 is 0 Å². The molecule has 0 aliphatic heterocycles. The van der Waals surface area contributed by atoms with Crippen LogP contribution in [0.15, 0.2) is 6.20 Å². The van der Waals surface area contributed by atoms with Gasteiger partial charge in [0.05, 0.1) is 12.3 Å². The Hall–Kier alpha value is -0.870. The zero-order valence-corrected chi connectivity index (χ0v) is 11.1. The van der Waals surface area contributed by atoms with Crippen LogP contribution in [0.25, 0.3) is 0 Å². The molecule has 96 valence electrons. The molecule has 1 saturated carbocycles. The number of methoxy groups -OCH3 is 1. The standard InChI is InChI=1S/C13H23N3O/c1-10-11(9-15-16(10)2)8-14-12-6-4-5-7-13(12)17-3/h9,12-14H,4-8H2,1-3H3. The number of rotatable bonds is 4. The highest BCUT2D eigenvalue weighted by molar-refractivity contribution is 5.15. The van der Waals surface area contributed by atoms with Crippen LogP contribution >= 0.6 is 0 Å². The van der Waals surface area contributed by atoms with Crippen molar-refractivity contribution in [2.75, 3.05) is 7.11 Å². The van der Waals surface area contributed by atoms with Crippen molar-refractivity contribution in [3.63, 3.8) is 0 Å². The molecule has 0 spiro atoms. The second kappa shape index (κ2) is 5.65. The molecule has 4 nitrogen and oxygen atoms in total. The Bertz CT molecular complexity index is 362. The quantitative estimate of drug-likeness (QED) is 0.867. The minimum absolute atomic E-state index is 0.376. The summed E-state index contributed by atoms with van der Waals surface area (Å²) < 4.78 is 7.47. The summed E-state index contributed by atoms with van der Waals surface area (Å²) in [6.45, 7) is 3.00. The second-order valence-corrected chi connectivity index (χ2v) is 4.92. The third-order valence-corrected chi connectivity index (χ3v) is 3.90. The van der Waals surface area contributed by atoms with Gasteiger partial charge >= 0.3 is 0 Å². The summed E-state index contributed by atoms with van der Waals surface area (Å²) in [6, 6.07) is 0.494. The van der Waals surface area contributed by atoms with Gasteiger partial charge in [0.15, 0.2) is 0 Å². The van der Waals surface area contributed by atoms with Gasteiger partial charge in [-0.25, -0.2) is 0 Å². The van der Waals surface area contributed by atoms with E-state index < -0.39 is 0 Å². The van der Waals surface area contributed by atoms with Gasteiger partial charge in [-0.2, -0.15) is 5.10 Å². The molecule has 0 radical (unpaired) electrons. The fourth-order valence-electron chi connectivity index (χ4n) is 2.57. The van der Waals surface area contributed by atoms with E-state index in [2.05, 4.69) is 17.3 Å². The largest absolute Gasteiger partial charge is 0.380 e. The molecule has 2 unspecified atom stereocenters. The highest BCUT2D eigenvalue weighted by Crippen LogP contribution is 2.21. The fourth-order valence-corrected chi connectivity index (χ4v) is 2.57. The summed E-state index contributed by atoms with van der Waals surface area (Å²) in [5, 5.41) is 7.88. The average Bonchev–Trinajstić information content (AvgIpc) is 2.68. The lowest BCUT2D eigenvalue weighted by molar-refractivity contribution is 0.0413. The van der Waals surface area contributed by atoms with Crippen LogP contribution in [0.3, 0.4) is 0 Å². The molecule has 1 heterocycles. The first-order valence-electron chi connectivity index (χ1n) is 6.46. The average molecular weight is 237 g/mol. The summed E-state index contributed by atoms with van der Waals surface area (Å²) in [4.78, 5) is 0. The highest BCUT2D eigenvalue weighted by atomic mass is 16.5. The summed E-state index contributed by atoms with van der Waals surface area (Å²) in [5.41, 5.74) is 2.52. The molecule has 4 heteroatoms. The first-order chi connectivity index (χ1) is 8.22. The number of aromatic nitrogens is 2. The number of hydrogen-bond donors (Lipinski definition) is 1. The number of aryl methyl sites for hydroxylation is 1. The molecule has 0 amide bonds. The van der Waals surface area contributed by atoms with Crippen molar-refractivity contribution < 1.29 is 4.74 Å². The molecule has 1 N–H and O–H groups in total. The molecule has 0 bridgehead atoms. The molecule has 17 heavy (non-hydrogen) atoms. The molecular formula is C13H23N3O. The number of nitrogens with zero attached hydrogens (tertiary/aromatic N) is 2. The van der Waals surface area contributed by atoms with Crippen LogP contribution < -0.4 is 5.32 Å². The smallest absolute Gasteiger partial charge is 0.0724 e. The van der Waals surface area contributed by atoms with Gasteiger partial charge in [0, 0.05) is 38.0 Å². The van der Waals surface area contributed by atoms with Crippen LogP contribution in [0, 0.1) is 6.92 Å². The topological polar surface area (TPSA) is 39.1 Å². The maximum absolute atomic E-state index is 5.54. The lowest BCUT2D eigenvalue weighted by atomic mass is 9.92. The molecule has 2 rings (SSSR count). The van der Waals surface area contributed by atoms with E-state index in [0.717, 1.165) is 6.54 Å². The van der Waals surface area contributed by atoms with Gasteiger partial charge in [-0.1, -0.05) is 12.8 Å². The first-order valence-corrected chi connectivity index (χ1v) is 6.46. The van der Waals surface area contributed by atoms with E-state index in [9.17, 15) is 0 Å². The number of hydrogen-bond acceptors (Lipinski definition) is 3. The number of nitrogens with one attached hydrogen (secondary N) is 1. The molecule has 1 fully saturated rings. The molecule has 1 aromatic rings. The van der Waals surface area contributed by atoms with Crippen LogP contribution in [0.1, 0.15) is 36.9 Å². The number of ether oxygens (including phenoxy) is 1. The Labute approximate surface area is 103 Å². The predicted octanol–water partition coefficient (Wildman–Crippen LogP) is 1.78. The first kappa shape index (κ1) is 12.6. The minimum Gasteiger partial charge on any atom is -0.380 e. The lowest BCUT2D eigenvalue weighted by Crippen LogP contribution is -2.42. The fraction of sp³-hybridized carbons (Fsp3) is 0.769. The van der Waals surface area contributed by atoms with Gasteiger partial charge in [0.2, 0.25) is 0 Å². The monoisotopic (exact) mass is 237 g/mol.